The Morgan fingerprint density at radius 1 is 0.816 bits per heavy atom. The molecule has 0 bridgehead atoms. The van der Waals surface area contributed by atoms with Crippen molar-refractivity contribution in [3.05, 3.63) is 125 Å². The standard InChI is InChI=1S/C29H20N6O3/c36-35(37)23-16-14-22(15-17-23)34-18-21(32-33-34)19-38-27-13-7-5-11-25(27)29-30-26-12-6-4-10-24(26)28(31-29)20-8-2-1-3-9-20/h1-18H,19H2. The molecular formula is C29H20N6O3. The van der Waals surface area contributed by atoms with Gasteiger partial charge in [0.1, 0.15) is 18.1 Å². The molecule has 0 amide bonds. The lowest BCUT2D eigenvalue weighted by Gasteiger charge is -2.12. The topological polar surface area (TPSA) is 109 Å². The van der Waals surface area contributed by atoms with Crippen LogP contribution in [0.25, 0.3) is 39.2 Å². The number of rotatable bonds is 7. The number of nitro benzene ring substituents is 1. The van der Waals surface area contributed by atoms with E-state index in [1.165, 1.54) is 12.1 Å². The van der Waals surface area contributed by atoms with Crippen molar-refractivity contribution >= 4 is 16.6 Å². The Balaban J connectivity index is 1.29. The molecule has 2 heterocycles. The Hall–Kier alpha value is -5.44. The second-order valence-corrected chi connectivity index (χ2v) is 8.49. The average Bonchev–Trinajstić information content (AvgIpc) is 3.45. The summed E-state index contributed by atoms with van der Waals surface area (Å²) in [4.78, 5) is 20.3. The van der Waals surface area contributed by atoms with Crippen molar-refractivity contribution in [3.63, 3.8) is 0 Å². The monoisotopic (exact) mass is 500 g/mol. The maximum atomic E-state index is 10.9. The molecule has 0 aliphatic carbocycles. The second-order valence-electron chi connectivity index (χ2n) is 8.49. The summed E-state index contributed by atoms with van der Waals surface area (Å²) in [5, 5.41) is 20.2. The van der Waals surface area contributed by atoms with E-state index in [0.29, 0.717) is 23.0 Å². The molecule has 2 aromatic heterocycles. The molecule has 0 N–H and O–H groups in total. The third kappa shape index (κ3) is 4.56. The number of ether oxygens (including phenoxy) is 1. The SMILES string of the molecule is O=[N+]([O-])c1ccc(-n2cc(COc3ccccc3-c3nc(-c4ccccc4)c4ccccc4n3)nn2)cc1. The van der Waals surface area contributed by atoms with Gasteiger partial charge in [0.05, 0.1) is 33.6 Å². The minimum Gasteiger partial charge on any atom is -0.486 e. The summed E-state index contributed by atoms with van der Waals surface area (Å²) >= 11 is 0. The van der Waals surface area contributed by atoms with Gasteiger partial charge in [-0.15, -0.1) is 5.10 Å². The molecule has 0 unspecified atom stereocenters. The van der Waals surface area contributed by atoms with Gasteiger partial charge in [0.15, 0.2) is 5.82 Å². The van der Waals surface area contributed by atoms with Gasteiger partial charge in [0.2, 0.25) is 0 Å². The van der Waals surface area contributed by atoms with Crippen molar-refractivity contribution in [2.45, 2.75) is 6.61 Å². The molecule has 38 heavy (non-hydrogen) atoms. The molecule has 0 radical (unpaired) electrons. The molecule has 0 aliphatic rings. The van der Waals surface area contributed by atoms with E-state index in [-0.39, 0.29) is 12.3 Å². The lowest BCUT2D eigenvalue weighted by molar-refractivity contribution is -0.384. The lowest BCUT2D eigenvalue weighted by atomic mass is 10.1. The summed E-state index contributed by atoms with van der Waals surface area (Å²) in [6.07, 6.45) is 1.73. The number of hydrogen-bond donors (Lipinski definition) is 0. The van der Waals surface area contributed by atoms with Crippen LogP contribution in [0.15, 0.2) is 109 Å². The summed E-state index contributed by atoms with van der Waals surface area (Å²) in [5.74, 6) is 1.18. The minimum atomic E-state index is -0.441. The van der Waals surface area contributed by atoms with Crippen LogP contribution in [0.1, 0.15) is 5.69 Å². The van der Waals surface area contributed by atoms with Crippen molar-refractivity contribution in [1.29, 1.82) is 0 Å². The number of benzene rings is 4. The zero-order chi connectivity index (χ0) is 25.9. The highest BCUT2D eigenvalue weighted by Crippen LogP contribution is 2.33. The van der Waals surface area contributed by atoms with Crippen LogP contribution in [0.3, 0.4) is 0 Å². The number of fused-ring (bicyclic) bond motifs is 1. The van der Waals surface area contributed by atoms with Crippen LogP contribution in [0.5, 0.6) is 5.75 Å². The summed E-state index contributed by atoms with van der Waals surface area (Å²) < 4.78 is 7.70. The third-order valence-electron chi connectivity index (χ3n) is 6.02. The van der Waals surface area contributed by atoms with Gasteiger partial charge < -0.3 is 4.74 Å². The maximum Gasteiger partial charge on any atom is 0.269 e. The smallest absolute Gasteiger partial charge is 0.269 e. The van der Waals surface area contributed by atoms with Crippen LogP contribution >= 0.6 is 0 Å². The van der Waals surface area contributed by atoms with Gasteiger partial charge in [-0.2, -0.15) is 0 Å². The fraction of sp³-hybridized carbons (Fsp3) is 0.0345. The van der Waals surface area contributed by atoms with E-state index < -0.39 is 4.92 Å². The van der Waals surface area contributed by atoms with Crippen LogP contribution in [-0.2, 0) is 6.61 Å². The largest absolute Gasteiger partial charge is 0.486 e. The number of nitro groups is 1. The van der Waals surface area contributed by atoms with Gasteiger partial charge in [-0.3, -0.25) is 10.1 Å². The van der Waals surface area contributed by atoms with Gasteiger partial charge in [0.25, 0.3) is 5.69 Å². The molecule has 0 fully saturated rings. The van der Waals surface area contributed by atoms with Gasteiger partial charge >= 0.3 is 0 Å². The molecule has 0 atom stereocenters. The first-order valence-electron chi connectivity index (χ1n) is 11.9. The van der Waals surface area contributed by atoms with E-state index >= 15 is 0 Å². The first kappa shape index (κ1) is 23.0. The highest BCUT2D eigenvalue weighted by Gasteiger charge is 2.15. The molecule has 6 aromatic rings. The predicted octanol–water partition coefficient (Wildman–Crippen LogP) is 6.03. The van der Waals surface area contributed by atoms with Crippen LogP contribution in [0.4, 0.5) is 5.69 Å². The van der Waals surface area contributed by atoms with Crippen LogP contribution < -0.4 is 4.74 Å². The molecule has 0 saturated carbocycles. The molecule has 0 aliphatic heterocycles. The molecule has 184 valence electrons. The van der Waals surface area contributed by atoms with Crippen molar-refractivity contribution in [3.8, 4) is 34.1 Å². The first-order valence-corrected chi connectivity index (χ1v) is 11.9. The van der Waals surface area contributed by atoms with Crippen LogP contribution in [0, 0.1) is 10.1 Å². The average molecular weight is 501 g/mol. The van der Waals surface area contributed by atoms with E-state index in [4.69, 9.17) is 14.7 Å². The van der Waals surface area contributed by atoms with Crippen molar-refractivity contribution in [2.24, 2.45) is 0 Å². The Morgan fingerprint density at radius 3 is 2.37 bits per heavy atom. The predicted molar refractivity (Wildman–Crippen MR) is 143 cm³/mol. The molecule has 6 rings (SSSR count). The summed E-state index contributed by atoms with van der Waals surface area (Å²) in [7, 11) is 0. The fourth-order valence-corrected chi connectivity index (χ4v) is 4.16. The van der Waals surface area contributed by atoms with Crippen molar-refractivity contribution in [1.82, 2.24) is 25.0 Å². The van der Waals surface area contributed by atoms with Crippen molar-refractivity contribution in [2.75, 3.05) is 0 Å². The number of non-ortho nitro benzene ring substituents is 1. The quantitative estimate of drug-likeness (QED) is 0.194. The number of nitrogens with zero attached hydrogens (tertiary/aromatic N) is 6. The minimum absolute atomic E-state index is 0.0142. The fourth-order valence-electron chi connectivity index (χ4n) is 4.16. The number of hydrogen-bond acceptors (Lipinski definition) is 7. The Labute approximate surface area is 217 Å². The van der Waals surface area contributed by atoms with Crippen LogP contribution in [-0.4, -0.2) is 29.9 Å². The second kappa shape index (κ2) is 9.90. The molecule has 9 heteroatoms. The van der Waals surface area contributed by atoms with Gasteiger partial charge in [-0.05, 0) is 30.3 Å². The molecule has 0 saturated heterocycles. The zero-order valence-electron chi connectivity index (χ0n) is 20.0. The Bertz CT molecular complexity index is 1750. The Kier molecular flexibility index (Phi) is 5.99. The van der Waals surface area contributed by atoms with E-state index in [9.17, 15) is 10.1 Å². The van der Waals surface area contributed by atoms with E-state index in [2.05, 4.69) is 10.3 Å². The molecule has 9 nitrogen and oxygen atoms in total. The molecule has 4 aromatic carbocycles. The lowest BCUT2D eigenvalue weighted by Crippen LogP contribution is -2.00. The maximum absolute atomic E-state index is 10.9. The molecule has 0 spiro atoms. The van der Waals surface area contributed by atoms with Crippen molar-refractivity contribution < 1.29 is 9.66 Å². The molecular weight excluding hydrogens is 480 g/mol. The summed E-state index contributed by atoms with van der Waals surface area (Å²) in [5.41, 5.74) is 4.74. The third-order valence-corrected chi connectivity index (χ3v) is 6.02. The summed E-state index contributed by atoms with van der Waals surface area (Å²) in [6.45, 7) is 0.170. The summed E-state index contributed by atoms with van der Waals surface area (Å²) in [6, 6.07) is 31.7. The number of aromatic nitrogens is 5. The van der Waals surface area contributed by atoms with E-state index in [0.717, 1.165) is 27.7 Å². The Morgan fingerprint density at radius 2 is 1.55 bits per heavy atom. The van der Waals surface area contributed by atoms with E-state index in [1.807, 2.05) is 78.9 Å². The normalized spacial score (nSPS) is 10.9. The van der Waals surface area contributed by atoms with Crippen LogP contribution in [0.2, 0.25) is 0 Å². The van der Waals surface area contributed by atoms with Gasteiger partial charge in [-0.25, -0.2) is 14.6 Å². The highest BCUT2D eigenvalue weighted by atomic mass is 16.6. The highest BCUT2D eigenvalue weighted by molar-refractivity contribution is 5.93. The van der Waals surface area contributed by atoms with Gasteiger partial charge in [0, 0.05) is 23.1 Å². The first-order chi connectivity index (χ1) is 18.7. The van der Waals surface area contributed by atoms with Gasteiger partial charge in [-0.1, -0.05) is 65.9 Å². The van der Waals surface area contributed by atoms with E-state index in [1.54, 1.807) is 23.0 Å². The zero-order valence-corrected chi connectivity index (χ0v) is 20.0. The number of para-hydroxylation sites is 2.